The highest BCUT2D eigenvalue weighted by Crippen LogP contribution is 2.30. The Bertz CT molecular complexity index is 582. The molecule has 5 heteroatoms. The standard InChI is InChI=1S/C16H28N2O2S/c1-6-8-11-18(13(4)7-2)21(19,20)16-14(5)12(3)9-10-15(16)17/h9-10,13H,6-8,11,17H2,1-5H3. The fraction of sp³-hybridized carbons (Fsp3) is 0.625. The molecule has 0 aliphatic rings. The first-order valence-electron chi connectivity index (χ1n) is 7.64. The summed E-state index contributed by atoms with van der Waals surface area (Å²) >= 11 is 0. The molecule has 1 unspecified atom stereocenters. The lowest BCUT2D eigenvalue weighted by Gasteiger charge is -2.29. The molecule has 120 valence electrons. The fourth-order valence-electron chi connectivity index (χ4n) is 2.37. The summed E-state index contributed by atoms with van der Waals surface area (Å²) in [5.74, 6) is 0. The van der Waals surface area contributed by atoms with Gasteiger partial charge in [-0.2, -0.15) is 4.31 Å². The van der Waals surface area contributed by atoms with E-state index < -0.39 is 10.0 Å². The molecule has 0 heterocycles. The van der Waals surface area contributed by atoms with Gasteiger partial charge in [-0.05, 0) is 50.8 Å². The van der Waals surface area contributed by atoms with Crippen LogP contribution in [0.4, 0.5) is 5.69 Å². The highest BCUT2D eigenvalue weighted by atomic mass is 32.2. The van der Waals surface area contributed by atoms with Crippen molar-refractivity contribution in [3.63, 3.8) is 0 Å². The van der Waals surface area contributed by atoms with E-state index >= 15 is 0 Å². The molecule has 0 aliphatic carbocycles. The number of aryl methyl sites for hydroxylation is 1. The summed E-state index contributed by atoms with van der Waals surface area (Å²) in [5.41, 5.74) is 8.01. The van der Waals surface area contributed by atoms with Crippen molar-refractivity contribution >= 4 is 15.7 Å². The molecule has 1 aromatic carbocycles. The summed E-state index contributed by atoms with van der Waals surface area (Å²) in [4.78, 5) is 0.277. The molecule has 0 radical (unpaired) electrons. The lowest BCUT2D eigenvalue weighted by molar-refractivity contribution is 0.324. The van der Waals surface area contributed by atoms with Crippen molar-refractivity contribution in [1.82, 2.24) is 4.31 Å². The number of sulfonamides is 1. The molecule has 0 saturated carbocycles. The van der Waals surface area contributed by atoms with E-state index in [2.05, 4.69) is 6.92 Å². The summed E-state index contributed by atoms with van der Waals surface area (Å²) in [7, 11) is -3.56. The number of nitrogens with two attached hydrogens (primary N) is 1. The Morgan fingerprint density at radius 1 is 1.24 bits per heavy atom. The Morgan fingerprint density at radius 3 is 2.38 bits per heavy atom. The van der Waals surface area contributed by atoms with Crippen LogP contribution >= 0.6 is 0 Å². The van der Waals surface area contributed by atoms with Crippen LogP contribution in [0.1, 0.15) is 51.2 Å². The van der Waals surface area contributed by atoms with Gasteiger partial charge >= 0.3 is 0 Å². The van der Waals surface area contributed by atoms with Gasteiger partial charge in [0.2, 0.25) is 10.0 Å². The van der Waals surface area contributed by atoms with Gasteiger partial charge in [0, 0.05) is 12.6 Å². The summed E-state index contributed by atoms with van der Waals surface area (Å²) in [5, 5.41) is 0. The molecule has 1 aromatic rings. The van der Waals surface area contributed by atoms with Gasteiger partial charge in [0.1, 0.15) is 4.90 Å². The maximum Gasteiger partial charge on any atom is 0.245 e. The second-order valence-corrected chi connectivity index (χ2v) is 7.48. The highest BCUT2D eigenvalue weighted by molar-refractivity contribution is 7.89. The van der Waals surface area contributed by atoms with Crippen LogP contribution in [0.5, 0.6) is 0 Å². The predicted molar refractivity (Wildman–Crippen MR) is 88.9 cm³/mol. The minimum Gasteiger partial charge on any atom is -0.398 e. The molecule has 0 amide bonds. The van der Waals surface area contributed by atoms with Crippen LogP contribution in [-0.4, -0.2) is 25.3 Å². The second kappa shape index (κ2) is 7.27. The number of benzene rings is 1. The Morgan fingerprint density at radius 2 is 1.86 bits per heavy atom. The van der Waals surface area contributed by atoms with Crippen LogP contribution in [0.25, 0.3) is 0 Å². The van der Waals surface area contributed by atoms with Gasteiger partial charge < -0.3 is 5.73 Å². The summed E-state index contributed by atoms with van der Waals surface area (Å²) in [6, 6.07) is 3.52. The van der Waals surface area contributed by atoms with Crippen LogP contribution in [0, 0.1) is 13.8 Å². The topological polar surface area (TPSA) is 63.4 Å². The van der Waals surface area contributed by atoms with Gasteiger partial charge in [-0.3, -0.25) is 0 Å². The lowest BCUT2D eigenvalue weighted by Crippen LogP contribution is -2.39. The maximum atomic E-state index is 13.1. The van der Waals surface area contributed by atoms with Crippen molar-refractivity contribution in [1.29, 1.82) is 0 Å². The van der Waals surface area contributed by atoms with E-state index in [0.29, 0.717) is 12.2 Å². The first-order valence-corrected chi connectivity index (χ1v) is 9.08. The van der Waals surface area contributed by atoms with Gasteiger partial charge in [-0.15, -0.1) is 0 Å². The minimum atomic E-state index is -3.56. The van der Waals surface area contributed by atoms with Crippen molar-refractivity contribution < 1.29 is 8.42 Å². The first-order chi connectivity index (χ1) is 9.77. The monoisotopic (exact) mass is 312 g/mol. The Kier molecular flexibility index (Phi) is 6.23. The average Bonchev–Trinajstić information content (AvgIpc) is 2.43. The largest absolute Gasteiger partial charge is 0.398 e. The SMILES string of the molecule is CCCCN(C(C)CC)S(=O)(=O)c1c(N)ccc(C)c1C. The van der Waals surface area contributed by atoms with Crippen molar-refractivity contribution in [3.8, 4) is 0 Å². The van der Waals surface area contributed by atoms with E-state index in [1.807, 2.05) is 33.8 Å². The molecule has 0 bridgehead atoms. The number of rotatable bonds is 7. The van der Waals surface area contributed by atoms with E-state index in [1.165, 1.54) is 0 Å². The molecular weight excluding hydrogens is 284 g/mol. The molecule has 0 saturated heterocycles. The summed E-state index contributed by atoms with van der Waals surface area (Å²) in [6.45, 7) is 10.3. The highest BCUT2D eigenvalue weighted by Gasteiger charge is 2.31. The van der Waals surface area contributed by atoms with E-state index in [9.17, 15) is 8.42 Å². The smallest absolute Gasteiger partial charge is 0.245 e. The number of unbranched alkanes of at least 4 members (excludes halogenated alkanes) is 1. The third kappa shape index (κ3) is 3.77. The Hall–Kier alpha value is -1.07. The summed E-state index contributed by atoms with van der Waals surface area (Å²) in [6.07, 6.45) is 2.60. The Balaban J connectivity index is 3.39. The zero-order valence-corrected chi connectivity index (χ0v) is 14.6. The second-order valence-electron chi connectivity index (χ2n) is 5.65. The number of hydrogen-bond acceptors (Lipinski definition) is 3. The number of anilines is 1. The van der Waals surface area contributed by atoms with Crippen LogP contribution in [-0.2, 0) is 10.0 Å². The van der Waals surface area contributed by atoms with Crippen LogP contribution in [0.2, 0.25) is 0 Å². The molecule has 0 aliphatic heterocycles. The number of hydrogen-bond donors (Lipinski definition) is 1. The number of nitrogens with zero attached hydrogens (tertiary/aromatic N) is 1. The predicted octanol–water partition coefficient (Wildman–Crippen LogP) is 3.47. The van der Waals surface area contributed by atoms with Gasteiger partial charge in [-0.25, -0.2) is 8.42 Å². The van der Waals surface area contributed by atoms with Crippen LogP contribution in [0.15, 0.2) is 17.0 Å². The zero-order chi connectivity index (χ0) is 16.2. The van der Waals surface area contributed by atoms with Gasteiger partial charge in [0.15, 0.2) is 0 Å². The molecule has 1 atom stereocenters. The van der Waals surface area contributed by atoms with Gasteiger partial charge in [-0.1, -0.05) is 26.3 Å². The first kappa shape index (κ1) is 18.0. The molecule has 2 N–H and O–H groups in total. The van der Waals surface area contributed by atoms with Crippen molar-refractivity contribution in [2.24, 2.45) is 0 Å². The third-order valence-electron chi connectivity index (χ3n) is 4.09. The van der Waals surface area contributed by atoms with Gasteiger partial charge in [0.25, 0.3) is 0 Å². The fourth-order valence-corrected chi connectivity index (χ4v) is 4.51. The van der Waals surface area contributed by atoms with Crippen molar-refractivity contribution in [2.45, 2.75) is 64.8 Å². The number of nitrogen functional groups attached to an aromatic ring is 1. The summed E-state index contributed by atoms with van der Waals surface area (Å²) < 4.78 is 27.8. The van der Waals surface area contributed by atoms with Crippen molar-refractivity contribution in [2.75, 3.05) is 12.3 Å². The third-order valence-corrected chi connectivity index (χ3v) is 6.31. The molecular formula is C16H28N2O2S. The maximum absolute atomic E-state index is 13.1. The normalized spacial score (nSPS) is 13.6. The van der Waals surface area contributed by atoms with E-state index in [0.717, 1.165) is 30.4 Å². The van der Waals surface area contributed by atoms with E-state index in [1.54, 1.807) is 10.4 Å². The van der Waals surface area contributed by atoms with Crippen LogP contribution in [0.3, 0.4) is 0 Å². The van der Waals surface area contributed by atoms with E-state index in [-0.39, 0.29) is 10.9 Å². The molecule has 0 fully saturated rings. The van der Waals surface area contributed by atoms with Gasteiger partial charge in [0.05, 0.1) is 5.69 Å². The average molecular weight is 312 g/mol. The minimum absolute atomic E-state index is 0.0270. The molecule has 21 heavy (non-hydrogen) atoms. The Labute approximate surface area is 129 Å². The van der Waals surface area contributed by atoms with Crippen molar-refractivity contribution in [3.05, 3.63) is 23.3 Å². The molecule has 1 rings (SSSR count). The van der Waals surface area contributed by atoms with Crippen LogP contribution < -0.4 is 5.73 Å². The molecule has 0 aromatic heterocycles. The quantitative estimate of drug-likeness (QED) is 0.784. The zero-order valence-electron chi connectivity index (χ0n) is 13.8. The molecule has 4 nitrogen and oxygen atoms in total. The lowest BCUT2D eigenvalue weighted by atomic mass is 10.1. The van der Waals surface area contributed by atoms with E-state index in [4.69, 9.17) is 5.73 Å². The molecule has 0 spiro atoms.